The van der Waals surface area contributed by atoms with Gasteiger partial charge in [0.1, 0.15) is 12.9 Å². The molecule has 2 aromatic rings. The molecule has 0 aliphatic rings. The molecular weight excluding hydrogens is 314 g/mol. The summed E-state index contributed by atoms with van der Waals surface area (Å²) in [4.78, 5) is 17.2. The van der Waals surface area contributed by atoms with E-state index in [4.69, 9.17) is 9.57 Å². The quantitative estimate of drug-likeness (QED) is 0.336. The third-order valence-corrected chi connectivity index (χ3v) is 4.29. The van der Waals surface area contributed by atoms with Crippen LogP contribution in [0.4, 0.5) is 0 Å². The number of esters is 1. The molecule has 122 valence electrons. The summed E-state index contributed by atoms with van der Waals surface area (Å²) in [5, 5.41) is 6.14. The van der Waals surface area contributed by atoms with E-state index >= 15 is 0 Å². The number of methoxy groups -OCH3 is 2. The number of nitrogens with zero attached hydrogens (tertiary/aromatic N) is 1. The molecule has 0 N–H and O–H groups in total. The summed E-state index contributed by atoms with van der Waals surface area (Å²) >= 11 is 1.60. The lowest BCUT2D eigenvalue weighted by molar-refractivity contribution is -0.139. The van der Waals surface area contributed by atoms with Crippen LogP contribution in [0, 0.1) is 0 Å². The van der Waals surface area contributed by atoms with Crippen molar-refractivity contribution in [2.45, 2.75) is 11.3 Å². The molecule has 6 heteroatoms. The van der Waals surface area contributed by atoms with Crippen LogP contribution >= 0.6 is 11.8 Å². The van der Waals surface area contributed by atoms with Crippen LogP contribution in [0.25, 0.3) is 10.8 Å². The van der Waals surface area contributed by atoms with Crippen molar-refractivity contribution >= 4 is 34.2 Å². The van der Waals surface area contributed by atoms with Gasteiger partial charge in [0, 0.05) is 10.6 Å². The number of carbonyl (C=O) groups excluding carboxylic acids is 1. The second kappa shape index (κ2) is 8.43. The zero-order valence-corrected chi connectivity index (χ0v) is 14.2. The Hall–Kier alpha value is -2.21. The van der Waals surface area contributed by atoms with Crippen molar-refractivity contribution < 1.29 is 19.1 Å². The van der Waals surface area contributed by atoms with Crippen molar-refractivity contribution in [2.75, 3.05) is 27.1 Å². The average molecular weight is 333 g/mol. The predicted molar refractivity (Wildman–Crippen MR) is 92.3 cm³/mol. The highest BCUT2D eigenvalue weighted by Gasteiger charge is 2.10. The van der Waals surface area contributed by atoms with E-state index in [9.17, 15) is 4.79 Å². The molecule has 0 heterocycles. The highest BCUT2D eigenvalue weighted by Crippen LogP contribution is 2.26. The average Bonchev–Trinajstić information content (AvgIpc) is 2.59. The third-order valence-electron chi connectivity index (χ3n) is 3.22. The molecule has 0 bridgehead atoms. The molecule has 0 unspecified atom stereocenters. The minimum absolute atomic E-state index is 0.127. The fourth-order valence-corrected chi connectivity index (χ4v) is 2.93. The Kier molecular flexibility index (Phi) is 6.29. The van der Waals surface area contributed by atoms with E-state index in [-0.39, 0.29) is 12.4 Å². The second-order valence-corrected chi connectivity index (χ2v) is 5.81. The van der Waals surface area contributed by atoms with E-state index in [1.807, 2.05) is 30.3 Å². The van der Waals surface area contributed by atoms with E-state index in [0.29, 0.717) is 11.5 Å². The highest BCUT2D eigenvalue weighted by atomic mass is 32.2. The maximum absolute atomic E-state index is 11.4. The van der Waals surface area contributed by atoms with Gasteiger partial charge in [0.2, 0.25) is 0 Å². The smallest absolute Gasteiger partial charge is 0.311 e. The van der Waals surface area contributed by atoms with Crippen molar-refractivity contribution in [1.29, 1.82) is 0 Å². The van der Waals surface area contributed by atoms with Gasteiger partial charge in [-0.15, -0.1) is 11.8 Å². The fraction of sp³-hybridized carbons (Fsp3) is 0.294. The highest BCUT2D eigenvalue weighted by molar-refractivity contribution is 8.00. The topological polar surface area (TPSA) is 57.1 Å². The molecule has 0 aliphatic carbocycles. The lowest BCUT2D eigenvalue weighted by atomic mass is 10.1. The van der Waals surface area contributed by atoms with Crippen LogP contribution in [-0.2, 0) is 14.4 Å². The molecule has 0 aromatic heterocycles. The molecule has 23 heavy (non-hydrogen) atoms. The molecule has 0 saturated heterocycles. The van der Waals surface area contributed by atoms with Gasteiger partial charge < -0.3 is 14.3 Å². The van der Waals surface area contributed by atoms with Crippen molar-refractivity contribution in [3.05, 3.63) is 36.4 Å². The lowest BCUT2D eigenvalue weighted by Crippen LogP contribution is -2.12. The number of benzene rings is 2. The summed E-state index contributed by atoms with van der Waals surface area (Å²) in [5.41, 5.74) is 0.638. The zero-order chi connectivity index (χ0) is 16.7. The fourth-order valence-electron chi connectivity index (χ4n) is 2.06. The molecule has 0 aliphatic heterocycles. The largest absolute Gasteiger partial charge is 0.497 e. The van der Waals surface area contributed by atoms with Gasteiger partial charge in [-0.3, -0.25) is 4.79 Å². The van der Waals surface area contributed by atoms with E-state index in [1.165, 1.54) is 14.2 Å². The Balaban J connectivity index is 2.08. The standard InChI is InChI=1S/C17H19NO4S/c1-20-15-6-4-13-9-16(7-5-12(13)8-15)23-11-14(18-22-3)10-17(19)21-2/h4-9H,10-11H2,1-3H3. The van der Waals surface area contributed by atoms with Crippen LogP contribution in [0.2, 0.25) is 0 Å². The monoisotopic (exact) mass is 333 g/mol. The van der Waals surface area contributed by atoms with Gasteiger partial charge in [0.15, 0.2) is 0 Å². The van der Waals surface area contributed by atoms with Crippen molar-refractivity contribution in [2.24, 2.45) is 5.16 Å². The lowest BCUT2D eigenvalue weighted by Gasteiger charge is -2.07. The Morgan fingerprint density at radius 1 is 1.09 bits per heavy atom. The van der Waals surface area contributed by atoms with Crippen molar-refractivity contribution in [3.8, 4) is 5.75 Å². The number of thioether (sulfide) groups is 1. The van der Waals surface area contributed by atoms with Crippen LogP contribution in [0.5, 0.6) is 5.75 Å². The molecule has 2 rings (SSSR count). The van der Waals surface area contributed by atoms with E-state index in [0.717, 1.165) is 21.4 Å². The summed E-state index contributed by atoms with van der Waals surface area (Å²) in [6, 6.07) is 12.1. The normalized spacial score (nSPS) is 11.3. The third kappa shape index (κ3) is 4.89. The maximum atomic E-state index is 11.4. The van der Waals surface area contributed by atoms with E-state index in [1.54, 1.807) is 18.9 Å². The van der Waals surface area contributed by atoms with Gasteiger partial charge in [-0.05, 0) is 35.0 Å². The summed E-state index contributed by atoms with van der Waals surface area (Å²) in [7, 11) is 4.48. The number of rotatable bonds is 7. The number of ether oxygens (including phenoxy) is 2. The Labute approximate surface area is 139 Å². The minimum atomic E-state index is -0.327. The summed E-state index contributed by atoms with van der Waals surface area (Å²) < 4.78 is 9.89. The molecule has 0 saturated carbocycles. The van der Waals surface area contributed by atoms with Gasteiger partial charge in [-0.1, -0.05) is 17.3 Å². The molecule has 0 amide bonds. The predicted octanol–water partition coefficient (Wildman–Crippen LogP) is 3.51. The molecule has 0 atom stereocenters. The van der Waals surface area contributed by atoms with E-state index < -0.39 is 0 Å². The van der Waals surface area contributed by atoms with Gasteiger partial charge in [-0.2, -0.15) is 0 Å². The van der Waals surface area contributed by atoms with Gasteiger partial charge in [0.25, 0.3) is 0 Å². The Morgan fingerprint density at radius 2 is 1.83 bits per heavy atom. The van der Waals surface area contributed by atoms with Crippen LogP contribution in [0.1, 0.15) is 6.42 Å². The molecule has 0 fully saturated rings. The summed E-state index contributed by atoms with van der Waals surface area (Å²) in [6.45, 7) is 0. The first-order chi connectivity index (χ1) is 11.2. The van der Waals surface area contributed by atoms with Crippen LogP contribution < -0.4 is 4.74 Å². The van der Waals surface area contributed by atoms with Crippen LogP contribution in [0.3, 0.4) is 0 Å². The first-order valence-electron chi connectivity index (χ1n) is 7.02. The minimum Gasteiger partial charge on any atom is -0.497 e. The summed E-state index contributed by atoms with van der Waals surface area (Å²) in [5.74, 6) is 1.07. The first kappa shape index (κ1) is 17.1. The number of hydrogen-bond acceptors (Lipinski definition) is 6. The van der Waals surface area contributed by atoms with Crippen LogP contribution in [0.15, 0.2) is 46.4 Å². The molecule has 2 aromatic carbocycles. The Bertz CT molecular complexity index is 715. The number of hydrogen-bond donors (Lipinski definition) is 0. The first-order valence-corrected chi connectivity index (χ1v) is 8.01. The van der Waals surface area contributed by atoms with E-state index in [2.05, 4.69) is 16.0 Å². The molecular formula is C17H19NO4S. The molecule has 5 nitrogen and oxygen atoms in total. The summed E-state index contributed by atoms with van der Waals surface area (Å²) in [6.07, 6.45) is 0.127. The SMILES string of the molecule is CON=C(CSc1ccc2cc(OC)ccc2c1)CC(=O)OC. The van der Waals surface area contributed by atoms with Gasteiger partial charge in [0.05, 0.1) is 26.4 Å². The Morgan fingerprint density at radius 3 is 2.52 bits per heavy atom. The molecule has 0 radical (unpaired) electrons. The van der Waals surface area contributed by atoms with Crippen molar-refractivity contribution in [3.63, 3.8) is 0 Å². The van der Waals surface area contributed by atoms with Crippen molar-refractivity contribution in [1.82, 2.24) is 0 Å². The second-order valence-electron chi connectivity index (χ2n) is 4.76. The van der Waals surface area contributed by atoms with Crippen LogP contribution in [-0.4, -0.2) is 38.8 Å². The molecule has 0 spiro atoms. The zero-order valence-electron chi connectivity index (χ0n) is 13.4. The van der Waals surface area contributed by atoms with Gasteiger partial charge in [-0.25, -0.2) is 0 Å². The maximum Gasteiger partial charge on any atom is 0.311 e. The number of fused-ring (bicyclic) bond motifs is 1. The number of oxime groups is 1. The number of carbonyl (C=O) groups is 1. The van der Waals surface area contributed by atoms with Gasteiger partial charge >= 0.3 is 5.97 Å².